The molecule has 0 heterocycles. The van der Waals surface area contributed by atoms with Gasteiger partial charge in [0.05, 0.1) is 52.8 Å². The molecule has 0 aliphatic heterocycles. The molecule has 0 spiro atoms. The molecule has 0 aromatic rings. The van der Waals surface area contributed by atoms with E-state index in [9.17, 15) is 4.79 Å². The molecular weight excluding hydrogens is 242 g/mol. The van der Waals surface area contributed by atoms with Crippen LogP contribution in [0, 0.1) is 0 Å². The third-order valence-electron chi connectivity index (χ3n) is 1.74. The molecule has 0 rings (SSSR count). The lowest BCUT2D eigenvalue weighted by atomic mass is 10.6. The molecule has 0 aromatic carbocycles. The molecule has 0 unspecified atom stereocenters. The van der Waals surface area contributed by atoms with Crippen LogP contribution in [-0.4, -0.2) is 77.2 Å². The van der Waals surface area contributed by atoms with Crippen molar-refractivity contribution in [1.29, 1.82) is 0 Å². The lowest BCUT2D eigenvalue weighted by molar-refractivity contribution is -0.142. The Morgan fingerprint density at radius 2 is 1.33 bits per heavy atom. The number of carboxylic acids is 1. The van der Waals surface area contributed by atoms with Crippen molar-refractivity contribution in [3.63, 3.8) is 0 Å². The Morgan fingerprint density at radius 3 is 1.78 bits per heavy atom. The van der Waals surface area contributed by atoms with Gasteiger partial charge in [0.15, 0.2) is 0 Å². The molecule has 106 valence electrons. The molecule has 0 saturated carbocycles. The summed E-state index contributed by atoms with van der Waals surface area (Å²) in [6.45, 7) is 6.79. The zero-order valence-electron chi connectivity index (χ0n) is 10.5. The average molecular weight is 263 g/mol. The fraction of sp³-hybridized carbons (Fsp3) is 0.818. The number of carboxylic acid groups (broad SMARTS) is 1. The van der Waals surface area contributed by atoms with Gasteiger partial charge in [-0.05, 0) is 6.72 Å². The highest BCUT2D eigenvalue weighted by molar-refractivity contribution is 5.67. The number of hydrogen-bond acceptors (Lipinski definition) is 6. The highest BCUT2D eigenvalue weighted by Gasteiger charge is 1.96. The first-order chi connectivity index (χ1) is 8.77. The van der Waals surface area contributed by atoms with Gasteiger partial charge in [-0.1, -0.05) is 0 Å². The molecule has 1 N–H and O–H groups in total. The van der Waals surface area contributed by atoms with Gasteiger partial charge in [-0.2, -0.15) is 0 Å². The van der Waals surface area contributed by atoms with Crippen molar-refractivity contribution in [3.05, 3.63) is 0 Å². The predicted molar refractivity (Wildman–Crippen MR) is 65.3 cm³/mol. The first kappa shape index (κ1) is 17.0. The Labute approximate surface area is 107 Å². The molecule has 7 heteroatoms. The van der Waals surface area contributed by atoms with Crippen LogP contribution >= 0.6 is 0 Å². The second-order valence-corrected chi connectivity index (χ2v) is 3.23. The van der Waals surface area contributed by atoms with Gasteiger partial charge < -0.3 is 24.1 Å². The van der Waals surface area contributed by atoms with E-state index in [1.54, 1.807) is 0 Å². The highest BCUT2D eigenvalue weighted by Crippen LogP contribution is 1.83. The normalized spacial score (nSPS) is 10.4. The Bertz CT molecular complexity index is 212. The van der Waals surface area contributed by atoms with Crippen LogP contribution in [-0.2, 0) is 23.7 Å². The second kappa shape index (κ2) is 14.0. The summed E-state index contributed by atoms with van der Waals surface area (Å²) in [5.41, 5.74) is 0. The molecule has 0 bridgehead atoms. The van der Waals surface area contributed by atoms with Crippen LogP contribution in [0.3, 0.4) is 0 Å². The Balaban J connectivity index is 2.94. The summed E-state index contributed by atoms with van der Waals surface area (Å²) < 4.78 is 20.3. The van der Waals surface area contributed by atoms with Crippen molar-refractivity contribution >= 4 is 12.7 Å². The molecule has 0 saturated heterocycles. The second-order valence-electron chi connectivity index (χ2n) is 3.23. The van der Waals surface area contributed by atoms with Crippen LogP contribution in [0.1, 0.15) is 0 Å². The van der Waals surface area contributed by atoms with Crippen molar-refractivity contribution < 1.29 is 28.8 Å². The maximum Gasteiger partial charge on any atom is 0.329 e. The van der Waals surface area contributed by atoms with E-state index in [1.165, 1.54) is 0 Å². The van der Waals surface area contributed by atoms with Crippen molar-refractivity contribution in [2.45, 2.75) is 0 Å². The molecule has 0 aliphatic carbocycles. The number of hydrogen-bond donors (Lipinski definition) is 1. The molecule has 0 fully saturated rings. The minimum atomic E-state index is -0.981. The summed E-state index contributed by atoms with van der Waals surface area (Å²) in [5.74, 6) is -0.981. The smallest absolute Gasteiger partial charge is 0.329 e. The number of aliphatic carboxylic acids is 1. The Hall–Kier alpha value is -1.02. The van der Waals surface area contributed by atoms with Gasteiger partial charge in [0, 0.05) is 0 Å². The SMILES string of the molecule is C=NCCOCCOCCOCCOCC(=O)O. The average Bonchev–Trinajstić information content (AvgIpc) is 2.34. The molecular formula is C11H21NO6. The minimum absolute atomic E-state index is 0.268. The quantitative estimate of drug-likeness (QED) is 0.346. The Kier molecular flexibility index (Phi) is 13.2. The molecule has 18 heavy (non-hydrogen) atoms. The fourth-order valence-electron chi connectivity index (χ4n) is 0.948. The van der Waals surface area contributed by atoms with Gasteiger partial charge in [0.1, 0.15) is 6.61 Å². The summed E-state index contributed by atoms with van der Waals surface area (Å²) in [5, 5.41) is 8.28. The molecule has 0 aliphatic rings. The summed E-state index contributed by atoms with van der Waals surface area (Å²) in [6, 6.07) is 0. The van der Waals surface area contributed by atoms with Crippen LogP contribution < -0.4 is 0 Å². The first-order valence-corrected chi connectivity index (χ1v) is 5.72. The standard InChI is InChI=1S/C11H21NO6/c1-12-2-3-15-4-5-16-6-7-17-8-9-18-10-11(13)14/h1-10H2,(H,13,14). The number of ether oxygens (including phenoxy) is 4. The number of nitrogens with zero attached hydrogens (tertiary/aromatic N) is 1. The van der Waals surface area contributed by atoms with Gasteiger partial charge in [-0.25, -0.2) is 4.79 Å². The molecule has 0 aromatic heterocycles. The first-order valence-electron chi connectivity index (χ1n) is 5.72. The number of carbonyl (C=O) groups is 1. The van der Waals surface area contributed by atoms with Crippen molar-refractivity contribution in [2.24, 2.45) is 4.99 Å². The van der Waals surface area contributed by atoms with Gasteiger partial charge >= 0.3 is 5.97 Å². The van der Waals surface area contributed by atoms with E-state index in [1.807, 2.05) is 0 Å². The van der Waals surface area contributed by atoms with Crippen LogP contribution in [0.25, 0.3) is 0 Å². The summed E-state index contributed by atoms with van der Waals surface area (Å²) in [7, 11) is 0. The fourth-order valence-corrected chi connectivity index (χ4v) is 0.948. The van der Waals surface area contributed by atoms with Gasteiger partial charge in [-0.3, -0.25) is 4.99 Å². The molecule has 0 amide bonds. The van der Waals surface area contributed by atoms with Gasteiger partial charge in [-0.15, -0.1) is 0 Å². The van der Waals surface area contributed by atoms with E-state index < -0.39 is 5.97 Å². The summed E-state index contributed by atoms with van der Waals surface area (Å²) in [6.07, 6.45) is 0. The topological polar surface area (TPSA) is 86.6 Å². The van der Waals surface area contributed by atoms with E-state index in [2.05, 4.69) is 11.7 Å². The van der Waals surface area contributed by atoms with Crippen LogP contribution in [0.4, 0.5) is 0 Å². The number of aliphatic imine (C=N–C) groups is 1. The van der Waals surface area contributed by atoms with E-state index in [-0.39, 0.29) is 13.2 Å². The van der Waals surface area contributed by atoms with E-state index in [0.29, 0.717) is 46.2 Å². The zero-order chi connectivity index (χ0) is 13.5. The summed E-state index contributed by atoms with van der Waals surface area (Å²) in [4.78, 5) is 13.7. The minimum Gasteiger partial charge on any atom is -0.480 e. The largest absolute Gasteiger partial charge is 0.480 e. The van der Waals surface area contributed by atoms with Crippen molar-refractivity contribution in [1.82, 2.24) is 0 Å². The highest BCUT2D eigenvalue weighted by atomic mass is 16.6. The van der Waals surface area contributed by atoms with Crippen LogP contribution in [0.5, 0.6) is 0 Å². The third-order valence-corrected chi connectivity index (χ3v) is 1.74. The lowest BCUT2D eigenvalue weighted by Gasteiger charge is -2.06. The molecule has 0 radical (unpaired) electrons. The van der Waals surface area contributed by atoms with Crippen molar-refractivity contribution in [2.75, 3.05) is 59.4 Å². The predicted octanol–water partition coefficient (Wildman–Crippen LogP) is -0.162. The number of rotatable bonds is 14. The van der Waals surface area contributed by atoms with Gasteiger partial charge in [0.2, 0.25) is 0 Å². The molecule has 0 atom stereocenters. The zero-order valence-corrected chi connectivity index (χ0v) is 10.5. The van der Waals surface area contributed by atoms with E-state index in [0.717, 1.165) is 0 Å². The Morgan fingerprint density at radius 1 is 0.889 bits per heavy atom. The molecule has 7 nitrogen and oxygen atoms in total. The van der Waals surface area contributed by atoms with Crippen LogP contribution in [0.2, 0.25) is 0 Å². The van der Waals surface area contributed by atoms with E-state index >= 15 is 0 Å². The monoisotopic (exact) mass is 263 g/mol. The lowest BCUT2D eigenvalue weighted by Crippen LogP contribution is -2.14. The van der Waals surface area contributed by atoms with Crippen molar-refractivity contribution in [3.8, 4) is 0 Å². The van der Waals surface area contributed by atoms with Crippen LogP contribution in [0.15, 0.2) is 4.99 Å². The third kappa shape index (κ3) is 15.0. The van der Waals surface area contributed by atoms with E-state index in [4.69, 9.17) is 24.1 Å². The maximum atomic E-state index is 10.1. The van der Waals surface area contributed by atoms with Gasteiger partial charge in [0.25, 0.3) is 0 Å². The maximum absolute atomic E-state index is 10.1. The summed E-state index contributed by atoms with van der Waals surface area (Å²) >= 11 is 0.